The van der Waals surface area contributed by atoms with E-state index >= 15 is 0 Å². The predicted octanol–water partition coefficient (Wildman–Crippen LogP) is 0.612. The molecular weight excluding hydrogens is 208 g/mol. The molecule has 1 heterocycles. The quantitative estimate of drug-likeness (QED) is 0.666. The Morgan fingerprint density at radius 1 is 1.56 bits per heavy atom. The summed E-state index contributed by atoms with van der Waals surface area (Å²) < 4.78 is 1.53. The molecule has 0 atom stereocenters. The standard InChI is InChI=1S/C10H18N4O2/c1-8(2)3-4-11-5-6-14-7-9(10(15)16)12-13-14/h7-8,11H,3-6H2,1-2H3,(H,15,16). The molecule has 0 bridgehead atoms. The minimum absolute atomic E-state index is 0.0119. The van der Waals surface area contributed by atoms with E-state index in [1.165, 1.54) is 10.9 Å². The van der Waals surface area contributed by atoms with Crippen molar-refractivity contribution in [2.45, 2.75) is 26.8 Å². The molecule has 0 saturated carbocycles. The fraction of sp³-hybridized carbons (Fsp3) is 0.700. The van der Waals surface area contributed by atoms with Gasteiger partial charge in [-0.3, -0.25) is 4.68 Å². The monoisotopic (exact) mass is 226 g/mol. The van der Waals surface area contributed by atoms with Crippen LogP contribution in [-0.2, 0) is 6.54 Å². The van der Waals surface area contributed by atoms with Gasteiger partial charge in [0.25, 0.3) is 0 Å². The molecule has 0 spiro atoms. The topological polar surface area (TPSA) is 80.0 Å². The van der Waals surface area contributed by atoms with Gasteiger partial charge in [0.2, 0.25) is 0 Å². The summed E-state index contributed by atoms with van der Waals surface area (Å²) in [5, 5.41) is 19.1. The van der Waals surface area contributed by atoms with Crippen LogP contribution in [0.25, 0.3) is 0 Å². The van der Waals surface area contributed by atoms with Gasteiger partial charge in [-0.25, -0.2) is 4.79 Å². The maximum absolute atomic E-state index is 10.5. The Kier molecular flexibility index (Phi) is 4.91. The van der Waals surface area contributed by atoms with E-state index in [1.54, 1.807) is 0 Å². The van der Waals surface area contributed by atoms with E-state index < -0.39 is 5.97 Å². The van der Waals surface area contributed by atoms with Crippen LogP contribution >= 0.6 is 0 Å². The molecule has 0 aliphatic rings. The second-order valence-electron chi connectivity index (χ2n) is 4.10. The number of rotatable bonds is 7. The molecule has 0 amide bonds. The molecule has 0 radical (unpaired) electrons. The number of carbonyl (C=O) groups is 1. The first-order valence-electron chi connectivity index (χ1n) is 5.43. The highest BCUT2D eigenvalue weighted by Gasteiger charge is 2.07. The molecule has 6 nitrogen and oxygen atoms in total. The zero-order chi connectivity index (χ0) is 12.0. The molecule has 16 heavy (non-hydrogen) atoms. The average Bonchev–Trinajstić information content (AvgIpc) is 2.65. The lowest BCUT2D eigenvalue weighted by atomic mass is 10.1. The maximum Gasteiger partial charge on any atom is 0.358 e. The van der Waals surface area contributed by atoms with Crippen molar-refractivity contribution in [2.75, 3.05) is 13.1 Å². The first kappa shape index (κ1) is 12.6. The predicted molar refractivity (Wildman–Crippen MR) is 59.3 cm³/mol. The van der Waals surface area contributed by atoms with Crippen LogP contribution in [0.1, 0.15) is 30.8 Å². The maximum atomic E-state index is 10.5. The van der Waals surface area contributed by atoms with Gasteiger partial charge in [-0.15, -0.1) is 5.10 Å². The molecule has 90 valence electrons. The van der Waals surface area contributed by atoms with Gasteiger partial charge in [0, 0.05) is 6.54 Å². The smallest absolute Gasteiger partial charge is 0.358 e. The summed E-state index contributed by atoms with van der Waals surface area (Å²) in [7, 11) is 0. The molecule has 0 aliphatic carbocycles. The van der Waals surface area contributed by atoms with Crippen molar-refractivity contribution in [3.63, 3.8) is 0 Å². The molecule has 0 unspecified atom stereocenters. The largest absolute Gasteiger partial charge is 0.476 e. The summed E-state index contributed by atoms with van der Waals surface area (Å²) in [5.41, 5.74) is -0.0119. The highest BCUT2D eigenvalue weighted by atomic mass is 16.4. The van der Waals surface area contributed by atoms with Crippen molar-refractivity contribution in [3.8, 4) is 0 Å². The fourth-order valence-corrected chi connectivity index (χ4v) is 1.22. The Hall–Kier alpha value is -1.43. The summed E-state index contributed by atoms with van der Waals surface area (Å²) >= 11 is 0. The summed E-state index contributed by atoms with van der Waals surface area (Å²) in [6, 6.07) is 0. The molecule has 0 saturated heterocycles. The third-order valence-electron chi connectivity index (χ3n) is 2.17. The second kappa shape index (κ2) is 6.22. The SMILES string of the molecule is CC(C)CCNCCn1cc(C(=O)O)nn1. The van der Waals surface area contributed by atoms with Gasteiger partial charge < -0.3 is 10.4 Å². The number of carboxylic acids is 1. The molecule has 1 rings (SSSR count). The molecule has 2 N–H and O–H groups in total. The highest BCUT2D eigenvalue weighted by molar-refractivity contribution is 5.84. The van der Waals surface area contributed by atoms with Crippen LogP contribution in [0, 0.1) is 5.92 Å². The van der Waals surface area contributed by atoms with E-state index in [4.69, 9.17) is 5.11 Å². The Morgan fingerprint density at radius 2 is 2.31 bits per heavy atom. The zero-order valence-corrected chi connectivity index (χ0v) is 9.68. The molecular formula is C10H18N4O2. The van der Waals surface area contributed by atoms with Crippen LogP contribution in [0.15, 0.2) is 6.20 Å². The lowest BCUT2D eigenvalue weighted by Gasteiger charge is -2.06. The second-order valence-corrected chi connectivity index (χ2v) is 4.10. The molecule has 6 heteroatoms. The minimum atomic E-state index is -1.04. The highest BCUT2D eigenvalue weighted by Crippen LogP contribution is 1.96. The average molecular weight is 226 g/mol. The number of aromatic carboxylic acids is 1. The number of carboxylic acid groups (broad SMARTS) is 1. The third kappa shape index (κ3) is 4.39. The Morgan fingerprint density at radius 3 is 2.88 bits per heavy atom. The van der Waals surface area contributed by atoms with Crippen LogP contribution in [0.5, 0.6) is 0 Å². The number of hydrogen-bond donors (Lipinski definition) is 2. The lowest BCUT2D eigenvalue weighted by molar-refractivity contribution is 0.0690. The van der Waals surface area contributed by atoms with Crippen LogP contribution in [0.2, 0.25) is 0 Å². The van der Waals surface area contributed by atoms with Crippen molar-refractivity contribution in [1.82, 2.24) is 20.3 Å². The Bertz CT molecular complexity index is 335. The number of nitrogens with one attached hydrogen (secondary N) is 1. The summed E-state index contributed by atoms with van der Waals surface area (Å²) in [6.45, 7) is 6.74. The van der Waals surface area contributed by atoms with Crippen molar-refractivity contribution in [3.05, 3.63) is 11.9 Å². The summed E-state index contributed by atoms with van der Waals surface area (Å²) in [6.07, 6.45) is 2.57. The fourth-order valence-electron chi connectivity index (χ4n) is 1.22. The number of nitrogens with zero attached hydrogens (tertiary/aromatic N) is 3. The first-order chi connectivity index (χ1) is 7.59. The molecule has 0 aliphatic heterocycles. The van der Waals surface area contributed by atoms with Gasteiger partial charge >= 0.3 is 5.97 Å². The molecule has 0 aromatic carbocycles. The van der Waals surface area contributed by atoms with Gasteiger partial charge in [-0.1, -0.05) is 19.1 Å². The lowest BCUT2D eigenvalue weighted by Crippen LogP contribution is -2.22. The Balaban J connectivity index is 2.19. The van der Waals surface area contributed by atoms with E-state index in [0.29, 0.717) is 12.5 Å². The van der Waals surface area contributed by atoms with E-state index in [0.717, 1.165) is 19.5 Å². The van der Waals surface area contributed by atoms with E-state index in [-0.39, 0.29) is 5.69 Å². The van der Waals surface area contributed by atoms with Crippen molar-refractivity contribution < 1.29 is 9.90 Å². The van der Waals surface area contributed by atoms with E-state index in [2.05, 4.69) is 29.5 Å². The van der Waals surface area contributed by atoms with Gasteiger partial charge in [0.1, 0.15) is 0 Å². The van der Waals surface area contributed by atoms with Crippen molar-refractivity contribution >= 4 is 5.97 Å². The van der Waals surface area contributed by atoms with Gasteiger partial charge in [0.15, 0.2) is 5.69 Å². The number of hydrogen-bond acceptors (Lipinski definition) is 4. The molecule has 1 aromatic heterocycles. The van der Waals surface area contributed by atoms with Crippen molar-refractivity contribution in [2.24, 2.45) is 5.92 Å². The number of aromatic nitrogens is 3. The Labute approximate surface area is 94.7 Å². The third-order valence-corrected chi connectivity index (χ3v) is 2.17. The van der Waals surface area contributed by atoms with E-state index in [9.17, 15) is 4.79 Å². The normalized spacial score (nSPS) is 10.9. The first-order valence-corrected chi connectivity index (χ1v) is 5.43. The van der Waals surface area contributed by atoms with Crippen LogP contribution in [0.3, 0.4) is 0 Å². The minimum Gasteiger partial charge on any atom is -0.476 e. The van der Waals surface area contributed by atoms with Gasteiger partial charge in [-0.05, 0) is 18.9 Å². The summed E-state index contributed by atoms with van der Waals surface area (Å²) in [5.74, 6) is -0.350. The van der Waals surface area contributed by atoms with Crippen LogP contribution in [-0.4, -0.2) is 39.2 Å². The summed E-state index contributed by atoms with van der Waals surface area (Å²) in [4.78, 5) is 10.5. The van der Waals surface area contributed by atoms with Crippen molar-refractivity contribution in [1.29, 1.82) is 0 Å². The molecule has 0 fully saturated rings. The van der Waals surface area contributed by atoms with Crippen LogP contribution in [0.4, 0.5) is 0 Å². The zero-order valence-electron chi connectivity index (χ0n) is 9.68. The van der Waals surface area contributed by atoms with Gasteiger partial charge in [0.05, 0.1) is 12.7 Å². The molecule has 1 aromatic rings. The van der Waals surface area contributed by atoms with Crippen LogP contribution < -0.4 is 5.32 Å². The van der Waals surface area contributed by atoms with E-state index in [1.807, 2.05) is 0 Å². The van der Waals surface area contributed by atoms with Gasteiger partial charge in [-0.2, -0.15) is 0 Å².